The number of Topliss-reactive ketones (excluding diaryl/α,β-unsaturated/α-hetero) is 1. The van der Waals surface area contributed by atoms with Gasteiger partial charge in [0.05, 0.1) is 6.04 Å². The normalized spacial score (nSPS) is 12.9. The number of carbonyl (C=O) groups excluding carboxylic acids is 2. The Morgan fingerprint density at radius 1 is 0.974 bits per heavy atom. The molecule has 0 aliphatic rings. The maximum Gasteiger partial charge on any atom is 0.251 e. The maximum absolute atomic E-state index is 13.8. The number of rotatable bonds is 12. The van der Waals surface area contributed by atoms with Gasteiger partial charge in [-0.1, -0.05) is 50.2 Å². The Morgan fingerprint density at radius 3 is 2.23 bits per heavy atom. The smallest absolute Gasteiger partial charge is 0.251 e. The standard InChI is InChI=1S/C33H43N3O3/c1-22(2)18-30(36-17-15-26(20-31(36)38)14-16-35(6)7)33(39)34-29(19-25(5)37)27-12-9-13-28(21-27)32-23(3)10-8-11-24(32)4/h8-13,15,17,20-22,29-30H,14,16,18-19H2,1-7H3,(H,34,39)/t29-,30?/m0/s1. The summed E-state index contributed by atoms with van der Waals surface area (Å²) in [6.07, 6.45) is 3.19. The van der Waals surface area contributed by atoms with Crippen LogP contribution in [0.3, 0.4) is 0 Å². The molecule has 0 spiro atoms. The molecule has 0 aliphatic carbocycles. The van der Waals surface area contributed by atoms with Crippen LogP contribution in [0.25, 0.3) is 11.1 Å². The number of ketones is 1. The highest BCUT2D eigenvalue weighted by Crippen LogP contribution is 2.30. The van der Waals surface area contributed by atoms with Gasteiger partial charge in [-0.15, -0.1) is 0 Å². The van der Waals surface area contributed by atoms with Crippen LogP contribution in [0.5, 0.6) is 0 Å². The molecule has 1 N–H and O–H groups in total. The Labute approximate surface area is 233 Å². The maximum atomic E-state index is 13.8. The summed E-state index contributed by atoms with van der Waals surface area (Å²) in [4.78, 5) is 41.3. The number of benzene rings is 2. The number of aryl methyl sites for hydroxylation is 2. The summed E-state index contributed by atoms with van der Waals surface area (Å²) < 4.78 is 1.53. The van der Waals surface area contributed by atoms with E-state index in [0.29, 0.717) is 6.42 Å². The number of likely N-dealkylation sites (N-methyl/N-ethyl adjacent to an activating group) is 1. The molecule has 2 aromatic carbocycles. The van der Waals surface area contributed by atoms with E-state index >= 15 is 0 Å². The van der Waals surface area contributed by atoms with Crippen molar-refractivity contribution in [3.05, 3.63) is 93.4 Å². The summed E-state index contributed by atoms with van der Waals surface area (Å²) >= 11 is 0. The van der Waals surface area contributed by atoms with Crippen molar-refractivity contribution in [2.75, 3.05) is 20.6 Å². The third kappa shape index (κ3) is 8.24. The molecule has 6 heteroatoms. The fourth-order valence-electron chi connectivity index (χ4n) is 5.08. The van der Waals surface area contributed by atoms with Gasteiger partial charge >= 0.3 is 0 Å². The van der Waals surface area contributed by atoms with Crippen LogP contribution in [0.4, 0.5) is 0 Å². The zero-order valence-electron chi connectivity index (χ0n) is 24.5. The molecule has 2 atom stereocenters. The summed E-state index contributed by atoms with van der Waals surface area (Å²) in [5.41, 5.74) is 6.18. The Bertz CT molecular complexity index is 1340. The Balaban J connectivity index is 1.94. The highest BCUT2D eigenvalue weighted by molar-refractivity contribution is 5.83. The fraction of sp³-hybridized carbons (Fsp3) is 0.424. The minimum absolute atomic E-state index is 0.0133. The van der Waals surface area contributed by atoms with E-state index < -0.39 is 12.1 Å². The van der Waals surface area contributed by atoms with Crippen LogP contribution in [0.1, 0.15) is 68.0 Å². The largest absolute Gasteiger partial charge is 0.347 e. The summed E-state index contributed by atoms with van der Waals surface area (Å²) in [6.45, 7) is 10.6. The quantitative estimate of drug-likeness (QED) is 0.329. The number of hydrogen-bond donors (Lipinski definition) is 1. The number of nitrogens with zero attached hydrogens (tertiary/aromatic N) is 2. The average molecular weight is 530 g/mol. The van der Waals surface area contributed by atoms with E-state index in [-0.39, 0.29) is 29.6 Å². The second-order valence-electron chi connectivity index (χ2n) is 11.3. The molecule has 1 aromatic heterocycles. The minimum Gasteiger partial charge on any atom is -0.347 e. The van der Waals surface area contributed by atoms with Crippen LogP contribution < -0.4 is 10.9 Å². The van der Waals surface area contributed by atoms with Crippen molar-refractivity contribution in [3.63, 3.8) is 0 Å². The predicted molar refractivity (Wildman–Crippen MR) is 159 cm³/mol. The first-order chi connectivity index (χ1) is 18.5. The lowest BCUT2D eigenvalue weighted by atomic mass is 9.92. The molecule has 6 nitrogen and oxygen atoms in total. The second-order valence-corrected chi connectivity index (χ2v) is 11.3. The second kappa shape index (κ2) is 13.5. The van der Waals surface area contributed by atoms with Crippen molar-refractivity contribution in [1.82, 2.24) is 14.8 Å². The van der Waals surface area contributed by atoms with Crippen molar-refractivity contribution in [3.8, 4) is 11.1 Å². The van der Waals surface area contributed by atoms with Gasteiger partial charge in [0.2, 0.25) is 5.91 Å². The SMILES string of the molecule is CC(=O)C[C@H](NC(=O)C(CC(C)C)n1ccc(CCN(C)C)cc1=O)c1cccc(-c2c(C)cccc2C)c1. The molecule has 1 unspecified atom stereocenters. The molecule has 1 heterocycles. The zero-order chi connectivity index (χ0) is 28.7. The van der Waals surface area contributed by atoms with Crippen molar-refractivity contribution >= 4 is 11.7 Å². The predicted octanol–water partition coefficient (Wildman–Crippen LogP) is 5.66. The number of pyridine rings is 1. The molecule has 0 bridgehead atoms. The molecular formula is C33H43N3O3. The third-order valence-electron chi connectivity index (χ3n) is 7.06. The van der Waals surface area contributed by atoms with Crippen LogP contribution in [0.2, 0.25) is 0 Å². The molecular weight excluding hydrogens is 486 g/mol. The summed E-state index contributed by atoms with van der Waals surface area (Å²) in [5.74, 6) is -0.0733. The van der Waals surface area contributed by atoms with Gasteiger partial charge in [0.15, 0.2) is 0 Å². The Morgan fingerprint density at radius 2 is 1.64 bits per heavy atom. The molecule has 0 aliphatic heterocycles. The molecule has 0 radical (unpaired) electrons. The monoisotopic (exact) mass is 529 g/mol. The first-order valence-corrected chi connectivity index (χ1v) is 13.8. The fourth-order valence-corrected chi connectivity index (χ4v) is 5.08. The van der Waals surface area contributed by atoms with Gasteiger partial charge in [-0.25, -0.2) is 0 Å². The lowest BCUT2D eigenvalue weighted by Gasteiger charge is -2.26. The summed E-state index contributed by atoms with van der Waals surface area (Å²) in [5, 5.41) is 3.13. The van der Waals surface area contributed by atoms with E-state index in [1.807, 2.05) is 52.2 Å². The van der Waals surface area contributed by atoms with Crippen molar-refractivity contribution in [2.45, 2.75) is 66.0 Å². The minimum atomic E-state index is -0.670. The van der Waals surface area contributed by atoms with Crippen LogP contribution >= 0.6 is 0 Å². The van der Waals surface area contributed by atoms with Gasteiger partial charge in [0, 0.05) is 25.2 Å². The Kier molecular flexibility index (Phi) is 10.4. The van der Waals surface area contributed by atoms with Crippen LogP contribution in [0, 0.1) is 19.8 Å². The van der Waals surface area contributed by atoms with Gasteiger partial charge in [0.1, 0.15) is 11.8 Å². The molecule has 0 saturated heterocycles. The van der Waals surface area contributed by atoms with Crippen LogP contribution in [-0.4, -0.2) is 41.8 Å². The molecule has 39 heavy (non-hydrogen) atoms. The first kappa shape index (κ1) is 30.0. The number of amides is 1. The highest BCUT2D eigenvalue weighted by atomic mass is 16.2. The number of carbonyl (C=O) groups is 2. The topological polar surface area (TPSA) is 71.4 Å². The first-order valence-electron chi connectivity index (χ1n) is 13.8. The molecule has 3 rings (SSSR count). The lowest BCUT2D eigenvalue weighted by Crippen LogP contribution is -2.40. The Hall–Kier alpha value is -3.51. The molecule has 0 fully saturated rings. The number of hydrogen-bond acceptors (Lipinski definition) is 4. The van der Waals surface area contributed by atoms with E-state index in [9.17, 15) is 14.4 Å². The summed E-state index contributed by atoms with van der Waals surface area (Å²) in [6, 6.07) is 16.7. The van der Waals surface area contributed by atoms with E-state index in [1.165, 1.54) is 22.6 Å². The molecule has 3 aromatic rings. The van der Waals surface area contributed by atoms with Crippen molar-refractivity contribution in [2.24, 2.45) is 5.92 Å². The van der Waals surface area contributed by atoms with Crippen LogP contribution in [-0.2, 0) is 16.0 Å². The van der Waals surface area contributed by atoms with Gasteiger partial charge in [-0.3, -0.25) is 14.4 Å². The van der Waals surface area contributed by atoms with Gasteiger partial charge in [-0.2, -0.15) is 0 Å². The number of nitrogens with one attached hydrogen (secondary N) is 1. The van der Waals surface area contributed by atoms with Gasteiger partial charge < -0.3 is 14.8 Å². The van der Waals surface area contributed by atoms with Crippen LogP contribution in [0.15, 0.2) is 65.6 Å². The van der Waals surface area contributed by atoms with E-state index in [4.69, 9.17) is 0 Å². The van der Waals surface area contributed by atoms with Gasteiger partial charge in [-0.05, 0) is 99.1 Å². The van der Waals surface area contributed by atoms with E-state index in [2.05, 4.69) is 48.3 Å². The molecule has 1 amide bonds. The average Bonchev–Trinajstić information content (AvgIpc) is 2.85. The third-order valence-corrected chi connectivity index (χ3v) is 7.06. The lowest BCUT2D eigenvalue weighted by molar-refractivity contribution is -0.126. The zero-order valence-corrected chi connectivity index (χ0v) is 24.5. The highest BCUT2D eigenvalue weighted by Gasteiger charge is 2.26. The summed E-state index contributed by atoms with van der Waals surface area (Å²) in [7, 11) is 4.00. The van der Waals surface area contributed by atoms with E-state index in [1.54, 1.807) is 12.3 Å². The van der Waals surface area contributed by atoms with Crippen molar-refractivity contribution < 1.29 is 9.59 Å². The number of aromatic nitrogens is 1. The van der Waals surface area contributed by atoms with Gasteiger partial charge in [0.25, 0.3) is 5.56 Å². The van der Waals surface area contributed by atoms with E-state index in [0.717, 1.165) is 35.2 Å². The molecule has 0 saturated carbocycles. The van der Waals surface area contributed by atoms with Crippen molar-refractivity contribution in [1.29, 1.82) is 0 Å². The molecule has 208 valence electrons.